The normalized spacial score (nSPS) is 10.6. The van der Waals surface area contributed by atoms with Gasteiger partial charge in [0.25, 0.3) is 5.69 Å². The number of anilines is 1. The SMILES string of the molecule is CC(C)c1cc(Br)c(N)c([N+](=O)[O-])c1. The van der Waals surface area contributed by atoms with Crippen LogP contribution in [0.3, 0.4) is 0 Å². The van der Waals surface area contributed by atoms with Crippen LogP contribution < -0.4 is 5.73 Å². The number of nitro benzene ring substituents is 1. The maximum absolute atomic E-state index is 10.7. The van der Waals surface area contributed by atoms with Crippen LogP contribution in [0.2, 0.25) is 0 Å². The van der Waals surface area contributed by atoms with E-state index in [2.05, 4.69) is 15.9 Å². The molecule has 0 atom stereocenters. The molecule has 76 valence electrons. The summed E-state index contributed by atoms with van der Waals surface area (Å²) in [6, 6.07) is 3.33. The van der Waals surface area contributed by atoms with Gasteiger partial charge in [-0.1, -0.05) is 13.8 Å². The molecule has 1 aromatic carbocycles. The van der Waals surface area contributed by atoms with Gasteiger partial charge in [-0.2, -0.15) is 0 Å². The first-order valence-corrected chi connectivity index (χ1v) is 4.96. The Morgan fingerprint density at radius 3 is 2.50 bits per heavy atom. The van der Waals surface area contributed by atoms with Gasteiger partial charge in [-0.15, -0.1) is 0 Å². The Morgan fingerprint density at radius 1 is 1.50 bits per heavy atom. The molecule has 1 rings (SSSR count). The Kier molecular flexibility index (Phi) is 3.10. The van der Waals surface area contributed by atoms with Crippen LogP contribution in [0.5, 0.6) is 0 Å². The van der Waals surface area contributed by atoms with Gasteiger partial charge in [-0.05, 0) is 33.5 Å². The van der Waals surface area contributed by atoms with Crippen LogP contribution in [0.15, 0.2) is 16.6 Å². The van der Waals surface area contributed by atoms with Gasteiger partial charge in [0, 0.05) is 10.5 Å². The Morgan fingerprint density at radius 2 is 2.07 bits per heavy atom. The zero-order valence-corrected chi connectivity index (χ0v) is 9.54. The van der Waals surface area contributed by atoms with E-state index in [9.17, 15) is 10.1 Å². The minimum atomic E-state index is -0.466. The van der Waals surface area contributed by atoms with E-state index in [0.717, 1.165) is 5.56 Å². The summed E-state index contributed by atoms with van der Waals surface area (Å²) in [6.45, 7) is 3.95. The average Bonchev–Trinajstić information content (AvgIpc) is 2.08. The second-order valence-electron chi connectivity index (χ2n) is 3.35. The Labute approximate surface area is 90.4 Å². The number of nitrogens with two attached hydrogens (primary N) is 1. The zero-order valence-electron chi connectivity index (χ0n) is 7.95. The lowest BCUT2D eigenvalue weighted by Gasteiger charge is -2.07. The van der Waals surface area contributed by atoms with Gasteiger partial charge < -0.3 is 5.73 Å². The third-order valence-electron chi connectivity index (χ3n) is 1.99. The Bertz CT molecular complexity index is 377. The molecule has 0 aliphatic carbocycles. The number of nitrogen functional groups attached to an aromatic ring is 1. The lowest BCUT2D eigenvalue weighted by atomic mass is 10.0. The Hall–Kier alpha value is -1.10. The molecule has 0 unspecified atom stereocenters. The van der Waals surface area contributed by atoms with Crippen molar-refractivity contribution >= 4 is 27.3 Å². The van der Waals surface area contributed by atoms with Crippen LogP contribution in [0.4, 0.5) is 11.4 Å². The highest BCUT2D eigenvalue weighted by atomic mass is 79.9. The third-order valence-corrected chi connectivity index (χ3v) is 2.65. The van der Waals surface area contributed by atoms with E-state index in [0.29, 0.717) is 4.47 Å². The maximum Gasteiger partial charge on any atom is 0.293 e. The fourth-order valence-corrected chi connectivity index (χ4v) is 1.58. The van der Waals surface area contributed by atoms with Crippen LogP contribution in [0.25, 0.3) is 0 Å². The van der Waals surface area contributed by atoms with Gasteiger partial charge in [0.2, 0.25) is 0 Å². The van der Waals surface area contributed by atoms with Gasteiger partial charge in [-0.25, -0.2) is 0 Å². The topological polar surface area (TPSA) is 69.2 Å². The van der Waals surface area contributed by atoms with Gasteiger partial charge in [-0.3, -0.25) is 10.1 Å². The molecule has 0 aliphatic heterocycles. The predicted octanol–water partition coefficient (Wildman–Crippen LogP) is 3.06. The van der Waals surface area contributed by atoms with Crippen molar-refractivity contribution in [3.63, 3.8) is 0 Å². The molecular formula is C9H11BrN2O2. The number of nitrogens with zero attached hydrogens (tertiary/aromatic N) is 1. The monoisotopic (exact) mass is 258 g/mol. The largest absolute Gasteiger partial charge is 0.392 e. The molecular weight excluding hydrogens is 248 g/mol. The summed E-state index contributed by atoms with van der Waals surface area (Å²) in [5.41, 5.74) is 6.61. The number of nitro groups is 1. The number of hydrogen-bond acceptors (Lipinski definition) is 3. The molecule has 0 aromatic heterocycles. The van der Waals surface area contributed by atoms with E-state index in [4.69, 9.17) is 5.73 Å². The number of benzene rings is 1. The highest BCUT2D eigenvalue weighted by molar-refractivity contribution is 9.10. The number of halogens is 1. The second-order valence-corrected chi connectivity index (χ2v) is 4.20. The fourth-order valence-electron chi connectivity index (χ4n) is 1.11. The average molecular weight is 259 g/mol. The molecule has 0 spiro atoms. The maximum atomic E-state index is 10.7. The quantitative estimate of drug-likeness (QED) is 0.504. The van der Waals surface area contributed by atoms with E-state index in [1.165, 1.54) is 6.07 Å². The minimum Gasteiger partial charge on any atom is -0.392 e. The third kappa shape index (κ3) is 2.04. The lowest BCUT2D eigenvalue weighted by Crippen LogP contribution is -1.99. The molecule has 0 fully saturated rings. The van der Waals surface area contributed by atoms with Crippen LogP contribution in [-0.4, -0.2) is 4.92 Å². The molecule has 2 N–H and O–H groups in total. The molecule has 0 amide bonds. The first kappa shape index (κ1) is 11.0. The van der Waals surface area contributed by atoms with Crippen molar-refractivity contribution in [1.29, 1.82) is 0 Å². The van der Waals surface area contributed by atoms with Crippen molar-refractivity contribution in [3.05, 3.63) is 32.3 Å². The summed E-state index contributed by atoms with van der Waals surface area (Å²) in [7, 11) is 0. The van der Waals surface area contributed by atoms with E-state index in [-0.39, 0.29) is 17.3 Å². The molecule has 1 aromatic rings. The highest BCUT2D eigenvalue weighted by Crippen LogP contribution is 2.33. The van der Waals surface area contributed by atoms with Crippen molar-refractivity contribution in [2.75, 3.05) is 5.73 Å². The molecule has 4 nitrogen and oxygen atoms in total. The highest BCUT2D eigenvalue weighted by Gasteiger charge is 2.16. The predicted molar refractivity (Wildman–Crippen MR) is 59.3 cm³/mol. The number of rotatable bonds is 2. The summed E-state index contributed by atoms with van der Waals surface area (Å²) < 4.78 is 0.579. The number of hydrogen-bond donors (Lipinski definition) is 1. The summed E-state index contributed by atoms with van der Waals surface area (Å²) in [5.74, 6) is 0.241. The van der Waals surface area contributed by atoms with Crippen molar-refractivity contribution in [1.82, 2.24) is 0 Å². The standard InChI is InChI=1S/C9H11BrN2O2/c1-5(2)6-3-7(10)9(11)8(4-6)12(13)14/h3-5H,11H2,1-2H3. The van der Waals surface area contributed by atoms with Gasteiger partial charge in [0.15, 0.2) is 0 Å². The van der Waals surface area contributed by atoms with Gasteiger partial charge in [0.1, 0.15) is 5.69 Å². The summed E-state index contributed by atoms with van der Waals surface area (Å²) in [4.78, 5) is 10.2. The van der Waals surface area contributed by atoms with Crippen molar-refractivity contribution in [2.24, 2.45) is 0 Å². The van der Waals surface area contributed by atoms with Gasteiger partial charge in [0.05, 0.1) is 4.92 Å². The molecule has 5 heteroatoms. The van der Waals surface area contributed by atoms with Crippen LogP contribution in [0.1, 0.15) is 25.3 Å². The summed E-state index contributed by atoms with van der Waals surface area (Å²) in [6.07, 6.45) is 0. The van der Waals surface area contributed by atoms with Crippen molar-refractivity contribution in [2.45, 2.75) is 19.8 Å². The molecule has 0 aliphatic rings. The van der Waals surface area contributed by atoms with Crippen LogP contribution >= 0.6 is 15.9 Å². The van der Waals surface area contributed by atoms with E-state index in [1.54, 1.807) is 0 Å². The van der Waals surface area contributed by atoms with Crippen LogP contribution in [0, 0.1) is 10.1 Å². The smallest absolute Gasteiger partial charge is 0.293 e. The Balaban J connectivity index is 3.35. The molecule has 0 radical (unpaired) electrons. The lowest BCUT2D eigenvalue weighted by molar-refractivity contribution is -0.384. The van der Waals surface area contributed by atoms with Gasteiger partial charge >= 0.3 is 0 Å². The summed E-state index contributed by atoms with van der Waals surface area (Å²) in [5, 5.41) is 10.7. The second kappa shape index (κ2) is 3.96. The minimum absolute atomic E-state index is 0.0388. The van der Waals surface area contributed by atoms with E-state index < -0.39 is 4.92 Å². The molecule has 0 bridgehead atoms. The van der Waals surface area contributed by atoms with Crippen molar-refractivity contribution < 1.29 is 4.92 Å². The van der Waals surface area contributed by atoms with Crippen molar-refractivity contribution in [3.8, 4) is 0 Å². The van der Waals surface area contributed by atoms with E-state index >= 15 is 0 Å². The fraction of sp³-hybridized carbons (Fsp3) is 0.333. The molecule has 0 saturated carbocycles. The summed E-state index contributed by atoms with van der Waals surface area (Å²) >= 11 is 3.20. The zero-order chi connectivity index (χ0) is 10.9. The molecule has 14 heavy (non-hydrogen) atoms. The molecule has 0 heterocycles. The molecule has 0 saturated heterocycles. The van der Waals surface area contributed by atoms with Crippen LogP contribution in [-0.2, 0) is 0 Å². The van der Waals surface area contributed by atoms with E-state index in [1.807, 2.05) is 19.9 Å². The first-order valence-electron chi connectivity index (χ1n) is 4.16. The first-order chi connectivity index (χ1) is 6.43.